The van der Waals surface area contributed by atoms with E-state index < -0.39 is 30.6 Å². The molecule has 3 amide bonds. The standard InChI is InChI=1S/C20H20N2O6/c1-14(19(25)22-20(26)21-11-15-5-3-2-4-6-15)28-18(24)13-27-17-9-7-16(12-23)8-10-17/h2-10,12,14H,11,13H2,1H3,(H2,21,22,25,26)/t14-/m1/s1. The van der Waals surface area contributed by atoms with E-state index in [1.807, 2.05) is 30.3 Å². The smallest absolute Gasteiger partial charge is 0.344 e. The Morgan fingerprint density at radius 2 is 1.71 bits per heavy atom. The summed E-state index contributed by atoms with van der Waals surface area (Å²) in [5, 5.41) is 4.63. The van der Waals surface area contributed by atoms with Crippen molar-refractivity contribution in [3.8, 4) is 5.75 Å². The normalized spacial score (nSPS) is 11.0. The van der Waals surface area contributed by atoms with Crippen molar-refractivity contribution in [3.63, 3.8) is 0 Å². The second-order valence-corrected chi connectivity index (χ2v) is 5.77. The first-order valence-electron chi connectivity index (χ1n) is 8.48. The fourth-order valence-corrected chi connectivity index (χ4v) is 2.11. The second kappa shape index (κ2) is 10.5. The summed E-state index contributed by atoms with van der Waals surface area (Å²) in [4.78, 5) is 46.0. The number of carbonyl (C=O) groups is 4. The largest absolute Gasteiger partial charge is 0.482 e. The average Bonchev–Trinajstić information content (AvgIpc) is 2.71. The number of rotatable bonds is 8. The first-order valence-corrected chi connectivity index (χ1v) is 8.48. The number of hydrogen-bond donors (Lipinski definition) is 2. The summed E-state index contributed by atoms with van der Waals surface area (Å²) < 4.78 is 10.1. The van der Waals surface area contributed by atoms with Crippen LogP contribution in [-0.4, -0.2) is 36.9 Å². The van der Waals surface area contributed by atoms with Crippen molar-refractivity contribution >= 4 is 24.2 Å². The van der Waals surface area contributed by atoms with E-state index in [1.54, 1.807) is 0 Å². The molecule has 0 fully saturated rings. The number of hydrogen-bond acceptors (Lipinski definition) is 6. The fraction of sp³-hybridized carbons (Fsp3) is 0.200. The molecule has 2 aromatic rings. The Kier molecular flexibility index (Phi) is 7.71. The number of nitrogens with one attached hydrogen (secondary N) is 2. The van der Waals surface area contributed by atoms with E-state index in [0.717, 1.165) is 5.56 Å². The van der Waals surface area contributed by atoms with Crippen LogP contribution >= 0.6 is 0 Å². The van der Waals surface area contributed by atoms with E-state index in [-0.39, 0.29) is 6.54 Å². The summed E-state index contributed by atoms with van der Waals surface area (Å²) in [6, 6.07) is 14.6. The van der Waals surface area contributed by atoms with Crippen LogP contribution < -0.4 is 15.4 Å². The highest BCUT2D eigenvalue weighted by Crippen LogP contribution is 2.11. The maximum atomic E-state index is 11.9. The van der Waals surface area contributed by atoms with Crippen LogP contribution in [0.1, 0.15) is 22.8 Å². The molecule has 0 aliphatic heterocycles. The monoisotopic (exact) mass is 384 g/mol. The van der Waals surface area contributed by atoms with Crippen molar-refractivity contribution in [2.75, 3.05) is 6.61 Å². The van der Waals surface area contributed by atoms with Gasteiger partial charge in [-0.25, -0.2) is 9.59 Å². The lowest BCUT2D eigenvalue weighted by Gasteiger charge is -2.14. The number of imide groups is 1. The molecule has 0 aliphatic carbocycles. The van der Waals surface area contributed by atoms with Gasteiger partial charge in [0.15, 0.2) is 12.7 Å². The van der Waals surface area contributed by atoms with Gasteiger partial charge in [0.1, 0.15) is 12.0 Å². The third kappa shape index (κ3) is 6.91. The molecule has 8 nitrogen and oxygen atoms in total. The van der Waals surface area contributed by atoms with Crippen molar-refractivity contribution in [1.82, 2.24) is 10.6 Å². The van der Waals surface area contributed by atoms with Gasteiger partial charge in [0.25, 0.3) is 5.91 Å². The predicted octanol–water partition coefficient (Wildman–Crippen LogP) is 1.84. The number of benzene rings is 2. The minimum absolute atomic E-state index is 0.255. The number of aldehydes is 1. The molecule has 2 aromatic carbocycles. The highest BCUT2D eigenvalue weighted by Gasteiger charge is 2.20. The third-order valence-corrected chi connectivity index (χ3v) is 3.58. The second-order valence-electron chi connectivity index (χ2n) is 5.77. The maximum absolute atomic E-state index is 11.9. The SMILES string of the molecule is C[C@@H](OC(=O)COc1ccc(C=O)cc1)C(=O)NC(=O)NCc1ccccc1. The molecular formula is C20H20N2O6. The van der Waals surface area contributed by atoms with Gasteiger partial charge in [0.2, 0.25) is 0 Å². The highest BCUT2D eigenvalue weighted by atomic mass is 16.6. The molecule has 0 heterocycles. The molecule has 0 saturated carbocycles. The highest BCUT2D eigenvalue weighted by molar-refractivity contribution is 5.97. The van der Waals surface area contributed by atoms with Crippen LogP contribution in [0.25, 0.3) is 0 Å². The van der Waals surface area contributed by atoms with Crippen LogP contribution in [0.4, 0.5) is 4.79 Å². The minimum Gasteiger partial charge on any atom is -0.482 e. The van der Waals surface area contributed by atoms with E-state index >= 15 is 0 Å². The molecule has 1 atom stereocenters. The zero-order valence-corrected chi connectivity index (χ0v) is 15.2. The maximum Gasteiger partial charge on any atom is 0.344 e. The van der Waals surface area contributed by atoms with Gasteiger partial charge in [-0.05, 0) is 36.8 Å². The van der Waals surface area contributed by atoms with Gasteiger partial charge >= 0.3 is 12.0 Å². The van der Waals surface area contributed by atoms with Crippen LogP contribution in [-0.2, 0) is 20.9 Å². The summed E-state index contributed by atoms with van der Waals surface area (Å²) in [5.74, 6) is -1.15. The Bertz CT molecular complexity index is 820. The van der Waals surface area contributed by atoms with Gasteiger partial charge in [-0.15, -0.1) is 0 Å². The molecule has 0 radical (unpaired) electrons. The molecule has 0 saturated heterocycles. The Balaban J connectivity index is 1.70. The molecule has 0 aliphatic rings. The summed E-state index contributed by atoms with van der Waals surface area (Å²) in [6.07, 6.45) is -0.482. The zero-order chi connectivity index (χ0) is 20.4. The van der Waals surface area contributed by atoms with Crippen LogP contribution in [0.15, 0.2) is 54.6 Å². The summed E-state index contributed by atoms with van der Waals surface area (Å²) in [6.45, 7) is 1.18. The van der Waals surface area contributed by atoms with Crippen molar-refractivity contribution in [1.29, 1.82) is 0 Å². The number of amides is 3. The van der Waals surface area contributed by atoms with E-state index in [1.165, 1.54) is 31.2 Å². The van der Waals surface area contributed by atoms with Crippen LogP contribution in [0.5, 0.6) is 5.75 Å². The molecule has 0 spiro atoms. The summed E-state index contributed by atoms with van der Waals surface area (Å²) >= 11 is 0. The molecule has 146 valence electrons. The molecule has 0 aromatic heterocycles. The van der Waals surface area contributed by atoms with Crippen LogP contribution in [0.2, 0.25) is 0 Å². The molecular weight excluding hydrogens is 364 g/mol. The Labute approximate surface area is 161 Å². The lowest BCUT2D eigenvalue weighted by molar-refractivity contribution is -0.156. The number of ether oxygens (including phenoxy) is 2. The van der Waals surface area contributed by atoms with E-state index in [0.29, 0.717) is 17.6 Å². The average molecular weight is 384 g/mol. The Hall–Kier alpha value is -3.68. The van der Waals surface area contributed by atoms with E-state index in [4.69, 9.17) is 9.47 Å². The number of urea groups is 1. The predicted molar refractivity (Wildman–Crippen MR) is 99.7 cm³/mol. The van der Waals surface area contributed by atoms with Crippen molar-refractivity contribution < 1.29 is 28.7 Å². The molecule has 0 bridgehead atoms. The molecule has 8 heteroatoms. The topological polar surface area (TPSA) is 111 Å². The van der Waals surface area contributed by atoms with Crippen LogP contribution in [0, 0.1) is 0 Å². The van der Waals surface area contributed by atoms with Crippen molar-refractivity contribution in [2.24, 2.45) is 0 Å². The Morgan fingerprint density at radius 1 is 1.04 bits per heavy atom. The Morgan fingerprint density at radius 3 is 2.36 bits per heavy atom. The van der Waals surface area contributed by atoms with Gasteiger partial charge in [-0.1, -0.05) is 30.3 Å². The fourth-order valence-electron chi connectivity index (χ4n) is 2.11. The van der Waals surface area contributed by atoms with Gasteiger partial charge in [-0.3, -0.25) is 14.9 Å². The molecule has 28 heavy (non-hydrogen) atoms. The van der Waals surface area contributed by atoms with Crippen molar-refractivity contribution in [2.45, 2.75) is 19.6 Å². The lowest BCUT2D eigenvalue weighted by Crippen LogP contribution is -2.44. The minimum atomic E-state index is -1.17. The summed E-state index contributed by atoms with van der Waals surface area (Å²) in [5.41, 5.74) is 1.36. The first-order chi connectivity index (χ1) is 13.5. The van der Waals surface area contributed by atoms with Gasteiger partial charge in [-0.2, -0.15) is 0 Å². The first kappa shape index (κ1) is 20.6. The zero-order valence-electron chi connectivity index (χ0n) is 15.2. The molecule has 2 rings (SSSR count). The lowest BCUT2D eigenvalue weighted by atomic mass is 10.2. The van der Waals surface area contributed by atoms with Gasteiger partial charge < -0.3 is 14.8 Å². The van der Waals surface area contributed by atoms with Gasteiger partial charge in [0, 0.05) is 12.1 Å². The number of carbonyl (C=O) groups excluding carboxylic acids is 4. The number of esters is 1. The van der Waals surface area contributed by atoms with Crippen molar-refractivity contribution in [3.05, 3.63) is 65.7 Å². The van der Waals surface area contributed by atoms with E-state index in [2.05, 4.69) is 10.6 Å². The van der Waals surface area contributed by atoms with Crippen LogP contribution in [0.3, 0.4) is 0 Å². The van der Waals surface area contributed by atoms with E-state index in [9.17, 15) is 19.2 Å². The quantitative estimate of drug-likeness (QED) is 0.531. The summed E-state index contributed by atoms with van der Waals surface area (Å²) in [7, 11) is 0. The molecule has 2 N–H and O–H groups in total. The third-order valence-electron chi connectivity index (χ3n) is 3.58. The van der Waals surface area contributed by atoms with Gasteiger partial charge in [0.05, 0.1) is 0 Å². The molecule has 0 unspecified atom stereocenters.